The highest BCUT2D eigenvalue weighted by molar-refractivity contribution is 7.13. The van der Waals surface area contributed by atoms with Gasteiger partial charge in [-0.3, -0.25) is 4.79 Å². The van der Waals surface area contributed by atoms with Gasteiger partial charge in [0.05, 0.1) is 25.4 Å². The second kappa shape index (κ2) is 9.05. The molecule has 0 radical (unpaired) electrons. The molecule has 1 aromatic carbocycles. The van der Waals surface area contributed by atoms with E-state index in [4.69, 9.17) is 9.47 Å². The largest absolute Gasteiger partial charge is 0.497 e. The number of hydrogen-bond acceptors (Lipinski definition) is 5. The summed E-state index contributed by atoms with van der Waals surface area (Å²) >= 11 is 1.64. The first-order valence-electron chi connectivity index (χ1n) is 8.45. The molecule has 0 bridgehead atoms. The molecule has 0 aliphatic carbocycles. The Morgan fingerprint density at radius 1 is 1.30 bits per heavy atom. The number of thiophene rings is 1. The van der Waals surface area contributed by atoms with Crippen LogP contribution in [0.2, 0.25) is 0 Å². The van der Waals surface area contributed by atoms with Crippen molar-refractivity contribution in [2.75, 3.05) is 20.8 Å². The summed E-state index contributed by atoms with van der Waals surface area (Å²) in [6.45, 7) is 0.513. The zero-order chi connectivity index (χ0) is 19.1. The Morgan fingerprint density at radius 2 is 2.19 bits per heavy atom. The number of hydrogen-bond donors (Lipinski definition) is 2. The number of carbonyl (C=O) groups is 1. The van der Waals surface area contributed by atoms with E-state index in [1.165, 1.54) is 6.08 Å². The van der Waals surface area contributed by atoms with Crippen LogP contribution in [-0.4, -0.2) is 36.6 Å². The zero-order valence-electron chi connectivity index (χ0n) is 15.2. The lowest BCUT2D eigenvalue weighted by Crippen LogP contribution is -2.23. The number of benzene rings is 1. The molecule has 0 spiro atoms. The van der Waals surface area contributed by atoms with E-state index in [1.54, 1.807) is 44.0 Å². The molecular weight excluding hydrogens is 362 g/mol. The van der Waals surface area contributed by atoms with Gasteiger partial charge in [-0.25, -0.2) is 4.98 Å². The predicted octanol–water partition coefficient (Wildman–Crippen LogP) is 3.53. The van der Waals surface area contributed by atoms with Crippen LogP contribution in [0.4, 0.5) is 0 Å². The second-order valence-electron chi connectivity index (χ2n) is 5.69. The van der Waals surface area contributed by atoms with Crippen molar-refractivity contribution in [3.05, 3.63) is 59.4 Å². The van der Waals surface area contributed by atoms with Gasteiger partial charge in [0.2, 0.25) is 5.91 Å². The normalized spacial score (nSPS) is 10.9. The summed E-state index contributed by atoms with van der Waals surface area (Å²) in [5, 5.41) is 4.91. The van der Waals surface area contributed by atoms with Crippen molar-refractivity contribution in [2.45, 2.75) is 6.42 Å². The standard InChI is InChI=1S/C20H21N3O3S/c1-25-15-6-7-17(26-2)14(12-15)5-8-19(24)21-10-9-16-20(23-13-22-16)18-4-3-11-27-18/h3-8,11-13H,9-10H2,1-2H3,(H,21,24)(H,22,23)/b8-5+. The predicted molar refractivity (Wildman–Crippen MR) is 107 cm³/mol. The van der Waals surface area contributed by atoms with E-state index in [1.807, 2.05) is 29.6 Å². The Labute approximate surface area is 161 Å². The number of aromatic nitrogens is 2. The number of H-pyrrole nitrogens is 1. The van der Waals surface area contributed by atoms with Crippen molar-refractivity contribution in [3.8, 4) is 22.1 Å². The molecule has 6 nitrogen and oxygen atoms in total. The van der Waals surface area contributed by atoms with Gasteiger partial charge in [0.15, 0.2) is 0 Å². The fraction of sp³-hybridized carbons (Fsp3) is 0.200. The van der Waals surface area contributed by atoms with Crippen LogP contribution < -0.4 is 14.8 Å². The molecule has 0 unspecified atom stereocenters. The number of rotatable bonds is 8. The van der Waals surface area contributed by atoms with Crippen molar-refractivity contribution >= 4 is 23.3 Å². The van der Waals surface area contributed by atoms with Crippen molar-refractivity contribution in [2.24, 2.45) is 0 Å². The van der Waals surface area contributed by atoms with E-state index >= 15 is 0 Å². The molecule has 27 heavy (non-hydrogen) atoms. The van der Waals surface area contributed by atoms with E-state index in [0.29, 0.717) is 24.5 Å². The van der Waals surface area contributed by atoms with Crippen molar-refractivity contribution in [3.63, 3.8) is 0 Å². The maximum absolute atomic E-state index is 12.1. The number of methoxy groups -OCH3 is 2. The lowest BCUT2D eigenvalue weighted by atomic mass is 10.1. The summed E-state index contributed by atoms with van der Waals surface area (Å²) in [4.78, 5) is 20.8. The Hall–Kier alpha value is -3.06. The van der Waals surface area contributed by atoms with Gasteiger partial charge < -0.3 is 19.8 Å². The summed E-state index contributed by atoms with van der Waals surface area (Å²) in [5.41, 5.74) is 2.73. The van der Waals surface area contributed by atoms with Gasteiger partial charge in [-0.2, -0.15) is 0 Å². The number of aromatic amines is 1. The van der Waals surface area contributed by atoms with E-state index in [0.717, 1.165) is 21.8 Å². The summed E-state index contributed by atoms with van der Waals surface area (Å²) in [5.74, 6) is 1.21. The Bertz CT molecular complexity index is 916. The van der Waals surface area contributed by atoms with Gasteiger partial charge in [0.1, 0.15) is 17.2 Å². The highest BCUT2D eigenvalue weighted by Gasteiger charge is 2.09. The lowest BCUT2D eigenvalue weighted by Gasteiger charge is -2.07. The molecule has 140 valence electrons. The number of ether oxygens (including phenoxy) is 2. The number of imidazole rings is 1. The summed E-state index contributed by atoms with van der Waals surface area (Å²) in [6.07, 6.45) is 5.56. The van der Waals surface area contributed by atoms with Crippen molar-refractivity contribution < 1.29 is 14.3 Å². The molecule has 0 saturated carbocycles. The summed E-state index contributed by atoms with van der Waals surface area (Å²) in [6, 6.07) is 9.47. The first kappa shape index (κ1) is 18.7. The minimum Gasteiger partial charge on any atom is -0.497 e. The third-order valence-electron chi connectivity index (χ3n) is 4.00. The van der Waals surface area contributed by atoms with Gasteiger partial charge in [-0.05, 0) is 35.7 Å². The average Bonchev–Trinajstić information content (AvgIpc) is 3.37. The molecule has 7 heteroatoms. The van der Waals surface area contributed by atoms with Crippen molar-refractivity contribution in [1.29, 1.82) is 0 Å². The number of nitrogens with one attached hydrogen (secondary N) is 2. The smallest absolute Gasteiger partial charge is 0.244 e. The van der Waals surface area contributed by atoms with E-state index in [2.05, 4.69) is 15.3 Å². The molecule has 3 rings (SSSR count). The molecule has 2 N–H and O–H groups in total. The number of carbonyl (C=O) groups excluding carboxylic acids is 1. The topological polar surface area (TPSA) is 76.2 Å². The van der Waals surface area contributed by atoms with Crippen LogP contribution in [-0.2, 0) is 11.2 Å². The fourth-order valence-corrected chi connectivity index (χ4v) is 3.39. The maximum Gasteiger partial charge on any atom is 0.244 e. The number of nitrogens with zero attached hydrogens (tertiary/aromatic N) is 1. The van der Waals surface area contributed by atoms with E-state index in [-0.39, 0.29) is 5.91 Å². The van der Waals surface area contributed by atoms with Crippen LogP contribution in [0.3, 0.4) is 0 Å². The molecule has 0 fully saturated rings. The van der Waals surface area contributed by atoms with Gasteiger partial charge in [-0.15, -0.1) is 11.3 Å². The average molecular weight is 383 g/mol. The third-order valence-corrected chi connectivity index (χ3v) is 4.87. The third kappa shape index (κ3) is 4.77. The molecule has 2 aromatic heterocycles. The highest BCUT2D eigenvalue weighted by atomic mass is 32.1. The first-order valence-corrected chi connectivity index (χ1v) is 9.33. The molecule has 0 aliphatic rings. The SMILES string of the molecule is COc1ccc(OC)c(/C=C/C(=O)NCCc2[nH]cnc2-c2cccs2)c1. The zero-order valence-corrected chi connectivity index (χ0v) is 16.0. The second-order valence-corrected chi connectivity index (χ2v) is 6.64. The van der Waals surface area contributed by atoms with Crippen molar-refractivity contribution in [1.82, 2.24) is 15.3 Å². The van der Waals surface area contributed by atoms with Crippen LogP contribution >= 0.6 is 11.3 Å². The quantitative estimate of drug-likeness (QED) is 0.584. The Kier molecular flexibility index (Phi) is 6.27. The highest BCUT2D eigenvalue weighted by Crippen LogP contribution is 2.26. The molecular formula is C20H21N3O3S. The fourth-order valence-electron chi connectivity index (χ4n) is 2.64. The molecule has 0 aliphatic heterocycles. The summed E-state index contributed by atoms with van der Waals surface area (Å²) in [7, 11) is 3.19. The van der Waals surface area contributed by atoms with Crippen LogP contribution in [0.1, 0.15) is 11.3 Å². The molecule has 0 atom stereocenters. The molecule has 3 aromatic rings. The van der Waals surface area contributed by atoms with Gasteiger partial charge in [0, 0.05) is 30.3 Å². The van der Waals surface area contributed by atoms with Gasteiger partial charge in [0.25, 0.3) is 0 Å². The van der Waals surface area contributed by atoms with Crippen LogP contribution in [0, 0.1) is 0 Å². The minimum atomic E-state index is -0.169. The molecule has 2 heterocycles. The monoisotopic (exact) mass is 383 g/mol. The van der Waals surface area contributed by atoms with Gasteiger partial charge in [-0.1, -0.05) is 6.07 Å². The van der Waals surface area contributed by atoms with E-state index in [9.17, 15) is 4.79 Å². The molecule has 0 saturated heterocycles. The lowest BCUT2D eigenvalue weighted by molar-refractivity contribution is -0.116. The van der Waals surface area contributed by atoms with Crippen LogP contribution in [0.5, 0.6) is 11.5 Å². The molecule has 1 amide bonds. The Morgan fingerprint density at radius 3 is 2.93 bits per heavy atom. The minimum absolute atomic E-state index is 0.169. The van der Waals surface area contributed by atoms with Gasteiger partial charge >= 0.3 is 0 Å². The van der Waals surface area contributed by atoms with Crippen LogP contribution in [0.15, 0.2) is 48.1 Å². The summed E-state index contributed by atoms with van der Waals surface area (Å²) < 4.78 is 10.5. The van der Waals surface area contributed by atoms with E-state index < -0.39 is 0 Å². The maximum atomic E-state index is 12.1. The number of amides is 1. The Balaban J connectivity index is 1.57. The first-order chi connectivity index (χ1) is 13.2. The van der Waals surface area contributed by atoms with Crippen LogP contribution in [0.25, 0.3) is 16.6 Å².